The molecule has 4 rings (SSSR count). The number of benzene rings is 1. The van der Waals surface area contributed by atoms with Crippen molar-refractivity contribution in [3.8, 4) is 5.75 Å². The molecule has 0 saturated carbocycles. The van der Waals surface area contributed by atoms with Gasteiger partial charge in [0.15, 0.2) is 33.8 Å². The molecule has 12 heteroatoms. The molecule has 1 aliphatic heterocycles. The average Bonchev–Trinajstić information content (AvgIpc) is 3.34. The highest BCUT2D eigenvalue weighted by Gasteiger charge is 2.43. The fraction of sp³-hybridized carbons (Fsp3) is 0.294. The Balaban J connectivity index is 1.86. The van der Waals surface area contributed by atoms with Gasteiger partial charge in [0.05, 0.1) is 13.2 Å². The van der Waals surface area contributed by atoms with Crippen LogP contribution < -0.4 is 4.74 Å². The van der Waals surface area contributed by atoms with Crippen molar-refractivity contribution in [1.29, 1.82) is 0 Å². The zero-order valence-corrected chi connectivity index (χ0v) is 15.8. The molecule has 1 atom stereocenters. The van der Waals surface area contributed by atoms with Crippen molar-refractivity contribution in [3.05, 3.63) is 53.5 Å². The second kappa shape index (κ2) is 6.95. The third-order valence-corrected chi connectivity index (χ3v) is 6.72. The molecule has 1 aliphatic rings. The van der Waals surface area contributed by atoms with Gasteiger partial charge in [0.1, 0.15) is 0 Å². The van der Waals surface area contributed by atoms with Gasteiger partial charge < -0.3 is 4.74 Å². The molecule has 29 heavy (non-hydrogen) atoms. The highest BCUT2D eigenvalue weighted by Crippen LogP contribution is 2.39. The molecule has 0 spiro atoms. The number of rotatable bonds is 4. The van der Waals surface area contributed by atoms with Gasteiger partial charge in [-0.3, -0.25) is 4.40 Å². The van der Waals surface area contributed by atoms with Gasteiger partial charge in [-0.05, 0) is 25.0 Å². The molecule has 3 aromatic rings. The Hall–Kier alpha value is -2.73. The zero-order valence-electron chi connectivity index (χ0n) is 14.9. The third-order valence-electron chi connectivity index (χ3n) is 4.80. The first-order chi connectivity index (χ1) is 13.8. The van der Waals surface area contributed by atoms with E-state index in [0.29, 0.717) is 18.5 Å². The van der Waals surface area contributed by atoms with Gasteiger partial charge in [-0.15, -0.1) is 10.2 Å². The SMILES string of the molecule is COc1c(F)c(F)c(S(=O)(=O)N2CCCC2c2nnc3ccccn23)c(F)c1F. The van der Waals surface area contributed by atoms with E-state index in [2.05, 4.69) is 14.9 Å². The highest BCUT2D eigenvalue weighted by atomic mass is 32.2. The van der Waals surface area contributed by atoms with Crippen molar-refractivity contribution in [3.63, 3.8) is 0 Å². The lowest BCUT2D eigenvalue weighted by Gasteiger charge is -2.23. The van der Waals surface area contributed by atoms with Crippen molar-refractivity contribution >= 4 is 15.7 Å². The van der Waals surface area contributed by atoms with Crippen LogP contribution in [-0.2, 0) is 10.0 Å². The first kappa shape index (κ1) is 19.6. The van der Waals surface area contributed by atoms with Crippen LogP contribution in [0.1, 0.15) is 24.7 Å². The molecule has 2 aromatic heterocycles. The fourth-order valence-electron chi connectivity index (χ4n) is 3.49. The minimum absolute atomic E-state index is 0.108. The number of halogens is 4. The summed E-state index contributed by atoms with van der Waals surface area (Å²) in [6, 6.07) is 4.13. The number of hydrogen-bond acceptors (Lipinski definition) is 5. The van der Waals surface area contributed by atoms with Crippen molar-refractivity contribution < 1.29 is 30.7 Å². The van der Waals surface area contributed by atoms with E-state index in [0.717, 1.165) is 11.4 Å². The van der Waals surface area contributed by atoms with Crippen LogP contribution in [0.3, 0.4) is 0 Å². The molecule has 0 radical (unpaired) electrons. The van der Waals surface area contributed by atoms with E-state index in [4.69, 9.17) is 0 Å². The minimum atomic E-state index is -4.95. The lowest BCUT2D eigenvalue weighted by atomic mass is 10.2. The van der Waals surface area contributed by atoms with Crippen molar-refractivity contribution in [1.82, 2.24) is 18.9 Å². The van der Waals surface area contributed by atoms with Gasteiger partial charge in [-0.2, -0.15) is 13.1 Å². The Morgan fingerprint density at radius 3 is 2.41 bits per heavy atom. The third kappa shape index (κ3) is 2.85. The van der Waals surface area contributed by atoms with Crippen LogP contribution in [0.4, 0.5) is 17.6 Å². The van der Waals surface area contributed by atoms with Crippen LogP contribution in [0.5, 0.6) is 5.75 Å². The maximum Gasteiger partial charge on any atom is 0.249 e. The van der Waals surface area contributed by atoms with E-state index in [1.807, 2.05) is 0 Å². The Bertz CT molecular complexity index is 1190. The van der Waals surface area contributed by atoms with Crippen LogP contribution in [0.25, 0.3) is 5.65 Å². The summed E-state index contributed by atoms with van der Waals surface area (Å²) in [5.41, 5.74) is 0.450. The van der Waals surface area contributed by atoms with Crippen molar-refractivity contribution in [2.45, 2.75) is 23.8 Å². The highest BCUT2D eigenvalue weighted by molar-refractivity contribution is 7.89. The van der Waals surface area contributed by atoms with Crippen LogP contribution in [0.2, 0.25) is 0 Å². The van der Waals surface area contributed by atoms with E-state index in [9.17, 15) is 26.0 Å². The fourth-order valence-corrected chi connectivity index (χ4v) is 5.26. The molecule has 0 bridgehead atoms. The van der Waals surface area contributed by atoms with Crippen molar-refractivity contribution in [2.24, 2.45) is 0 Å². The van der Waals surface area contributed by atoms with Crippen LogP contribution in [-0.4, -0.2) is 41.0 Å². The van der Waals surface area contributed by atoms with Gasteiger partial charge >= 0.3 is 0 Å². The predicted molar refractivity (Wildman–Crippen MR) is 91.7 cm³/mol. The van der Waals surface area contributed by atoms with E-state index in [-0.39, 0.29) is 12.4 Å². The maximum absolute atomic E-state index is 14.5. The minimum Gasteiger partial charge on any atom is -0.491 e. The molecule has 7 nitrogen and oxygen atoms in total. The summed E-state index contributed by atoms with van der Waals surface area (Å²) in [5, 5.41) is 7.94. The molecule has 3 heterocycles. The summed E-state index contributed by atoms with van der Waals surface area (Å²) >= 11 is 0. The molecule has 1 fully saturated rings. The molecule has 1 aromatic carbocycles. The summed E-state index contributed by atoms with van der Waals surface area (Å²) in [6.45, 7) is -0.108. The van der Waals surface area contributed by atoms with Gasteiger partial charge in [-0.1, -0.05) is 6.07 Å². The quantitative estimate of drug-likeness (QED) is 0.470. The first-order valence-corrected chi connectivity index (χ1v) is 9.94. The summed E-state index contributed by atoms with van der Waals surface area (Å²) in [6.07, 6.45) is 2.26. The summed E-state index contributed by atoms with van der Waals surface area (Å²) in [5.74, 6) is -9.03. The molecular formula is C17H14F4N4O3S. The van der Waals surface area contributed by atoms with Gasteiger partial charge in [0, 0.05) is 12.7 Å². The number of pyridine rings is 1. The smallest absolute Gasteiger partial charge is 0.249 e. The van der Waals surface area contributed by atoms with Crippen LogP contribution >= 0.6 is 0 Å². The lowest BCUT2D eigenvalue weighted by Crippen LogP contribution is -2.33. The molecule has 0 N–H and O–H groups in total. The number of hydrogen-bond donors (Lipinski definition) is 0. The van der Waals surface area contributed by atoms with E-state index in [1.165, 1.54) is 0 Å². The molecular weight excluding hydrogens is 416 g/mol. The number of sulfonamides is 1. The first-order valence-electron chi connectivity index (χ1n) is 8.50. The summed E-state index contributed by atoms with van der Waals surface area (Å²) in [7, 11) is -4.14. The Labute approximate surface area is 162 Å². The second-order valence-electron chi connectivity index (χ2n) is 6.38. The monoisotopic (exact) mass is 430 g/mol. The molecule has 0 amide bonds. The van der Waals surface area contributed by atoms with Gasteiger partial charge in [0.25, 0.3) is 0 Å². The largest absolute Gasteiger partial charge is 0.491 e. The number of fused-ring (bicyclic) bond motifs is 1. The Kier molecular flexibility index (Phi) is 4.69. The lowest BCUT2D eigenvalue weighted by molar-refractivity contribution is 0.317. The number of methoxy groups -OCH3 is 1. The number of ether oxygens (including phenoxy) is 1. The van der Waals surface area contributed by atoms with E-state index in [1.54, 1.807) is 28.8 Å². The Morgan fingerprint density at radius 2 is 1.76 bits per heavy atom. The van der Waals surface area contributed by atoms with E-state index >= 15 is 0 Å². The molecule has 154 valence electrons. The molecule has 1 unspecified atom stereocenters. The standard InChI is InChI=1S/C17H14F4N4O3S/c1-28-15-11(18)13(20)16(14(21)12(15)19)29(26,27)25-8-4-5-9(25)17-23-22-10-6-2-3-7-24(10)17/h2-3,6-7,9H,4-5,8H2,1H3. The molecule has 0 aliphatic carbocycles. The predicted octanol–water partition coefficient (Wildman–Crippen LogP) is 2.82. The molecule has 1 saturated heterocycles. The van der Waals surface area contributed by atoms with Gasteiger partial charge in [-0.25, -0.2) is 17.2 Å². The summed E-state index contributed by atoms with van der Waals surface area (Å²) in [4.78, 5) is -1.70. The average molecular weight is 430 g/mol. The maximum atomic E-state index is 14.5. The number of nitrogens with zero attached hydrogens (tertiary/aromatic N) is 4. The topological polar surface area (TPSA) is 76.8 Å². The van der Waals surface area contributed by atoms with Crippen LogP contribution in [0, 0.1) is 23.3 Å². The normalized spacial score (nSPS) is 17.9. The second-order valence-corrected chi connectivity index (χ2v) is 8.21. The Morgan fingerprint density at radius 1 is 1.07 bits per heavy atom. The van der Waals surface area contributed by atoms with Gasteiger partial charge in [0.2, 0.25) is 21.7 Å². The van der Waals surface area contributed by atoms with E-state index < -0.39 is 50.0 Å². The number of aromatic nitrogens is 3. The van der Waals surface area contributed by atoms with Crippen molar-refractivity contribution in [2.75, 3.05) is 13.7 Å². The summed E-state index contributed by atoms with van der Waals surface area (Å²) < 4.78 is 89.8. The van der Waals surface area contributed by atoms with Crippen LogP contribution in [0.15, 0.2) is 29.3 Å². The zero-order chi connectivity index (χ0) is 20.9.